The monoisotopic (exact) mass is 268 g/mol. The van der Waals surface area contributed by atoms with Crippen LogP contribution in [0, 0.1) is 0 Å². The minimum absolute atomic E-state index is 0.208. The zero-order valence-corrected chi connectivity index (χ0v) is 11.7. The van der Waals surface area contributed by atoms with Crippen LogP contribution in [0.25, 0.3) is 0 Å². The molecule has 0 saturated carbocycles. The molecule has 0 spiro atoms. The van der Waals surface area contributed by atoms with E-state index in [0.29, 0.717) is 0 Å². The summed E-state index contributed by atoms with van der Waals surface area (Å²) in [5.41, 5.74) is 2.82. The third-order valence-electron chi connectivity index (χ3n) is 4.51. The summed E-state index contributed by atoms with van der Waals surface area (Å²) in [5.74, 6) is 2.27. The molecule has 4 heteroatoms. The Balaban J connectivity index is 1.77. The van der Waals surface area contributed by atoms with Crippen LogP contribution in [-0.4, -0.2) is 21.3 Å². The smallest absolute Gasteiger partial charge is 0.154 e. The molecule has 1 atom stereocenters. The maximum Gasteiger partial charge on any atom is 0.154 e. The minimum Gasteiger partial charge on any atom is -0.313 e. The molecule has 1 aromatic carbocycles. The van der Waals surface area contributed by atoms with Crippen LogP contribution in [-0.2, 0) is 19.4 Å². The maximum atomic E-state index is 4.51. The fourth-order valence-corrected chi connectivity index (χ4v) is 3.46. The van der Waals surface area contributed by atoms with Crippen molar-refractivity contribution >= 4 is 0 Å². The number of nitrogens with zero attached hydrogens (tertiary/aromatic N) is 3. The third kappa shape index (κ3) is 1.95. The largest absolute Gasteiger partial charge is 0.313 e. The number of hydrogen-bond acceptors (Lipinski definition) is 3. The van der Waals surface area contributed by atoms with E-state index in [2.05, 4.69) is 44.3 Å². The van der Waals surface area contributed by atoms with E-state index in [0.717, 1.165) is 31.8 Å². The summed E-state index contributed by atoms with van der Waals surface area (Å²) >= 11 is 0. The highest BCUT2D eigenvalue weighted by molar-refractivity contribution is 5.36. The molecule has 1 aromatic heterocycles. The second-order valence-corrected chi connectivity index (χ2v) is 5.77. The van der Waals surface area contributed by atoms with E-state index in [-0.39, 0.29) is 6.04 Å². The van der Waals surface area contributed by atoms with E-state index in [4.69, 9.17) is 0 Å². The number of fused-ring (bicyclic) bond motifs is 2. The Kier molecular flexibility index (Phi) is 3.03. The van der Waals surface area contributed by atoms with Gasteiger partial charge in [0, 0.05) is 19.5 Å². The second kappa shape index (κ2) is 5.02. The first-order valence-corrected chi connectivity index (χ1v) is 7.66. The van der Waals surface area contributed by atoms with Gasteiger partial charge in [0.25, 0.3) is 0 Å². The molecule has 0 bridgehead atoms. The Bertz CT molecular complexity index is 617. The predicted octanol–water partition coefficient (Wildman–Crippen LogP) is 2.24. The topological polar surface area (TPSA) is 42.7 Å². The molecule has 104 valence electrons. The number of nitrogens with one attached hydrogen (secondary N) is 1. The van der Waals surface area contributed by atoms with Gasteiger partial charge in [0.15, 0.2) is 5.82 Å². The zero-order valence-electron chi connectivity index (χ0n) is 11.7. The molecule has 2 aromatic rings. The molecule has 3 heterocycles. The average molecular weight is 268 g/mol. The number of rotatable bonds is 1. The zero-order chi connectivity index (χ0) is 13.4. The van der Waals surface area contributed by atoms with Gasteiger partial charge < -0.3 is 9.88 Å². The van der Waals surface area contributed by atoms with Crippen LogP contribution in [0.1, 0.15) is 48.1 Å². The molecule has 20 heavy (non-hydrogen) atoms. The third-order valence-corrected chi connectivity index (χ3v) is 4.51. The van der Waals surface area contributed by atoms with Crippen LogP contribution in [0.2, 0.25) is 0 Å². The first-order valence-electron chi connectivity index (χ1n) is 7.66. The minimum atomic E-state index is 0.208. The molecule has 0 aliphatic carbocycles. The molecule has 2 aliphatic rings. The molecule has 2 aliphatic heterocycles. The first-order chi connectivity index (χ1) is 9.93. The summed E-state index contributed by atoms with van der Waals surface area (Å²) < 4.78 is 2.35. The van der Waals surface area contributed by atoms with Gasteiger partial charge in [-0.2, -0.15) is 0 Å². The van der Waals surface area contributed by atoms with Gasteiger partial charge in [-0.1, -0.05) is 30.7 Å². The Morgan fingerprint density at radius 1 is 1.05 bits per heavy atom. The fourth-order valence-electron chi connectivity index (χ4n) is 3.46. The van der Waals surface area contributed by atoms with E-state index in [9.17, 15) is 0 Å². The van der Waals surface area contributed by atoms with Crippen LogP contribution < -0.4 is 5.32 Å². The number of aryl methyl sites for hydroxylation is 1. The molecular formula is C16H20N4. The fraction of sp³-hybridized carbons (Fsp3) is 0.500. The van der Waals surface area contributed by atoms with Crippen LogP contribution >= 0.6 is 0 Å². The molecule has 4 nitrogen and oxygen atoms in total. The van der Waals surface area contributed by atoms with E-state index in [1.54, 1.807) is 0 Å². The quantitative estimate of drug-likeness (QED) is 0.862. The van der Waals surface area contributed by atoms with E-state index in [1.807, 2.05) is 0 Å². The van der Waals surface area contributed by atoms with Gasteiger partial charge in [-0.15, -0.1) is 10.2 Å². The summed E-state index contributed by atoms with van der Waals surface area (Å²) in [7, 11) is 0. The summed E-state index contributed by atoms with van der Waals surface area (Å²) in [6, 6.07) is 8.93. The van der Waals surface area contributed by atoms with Crippen LogP contribution in [0.3, 0.4) is 0 Å². The van der Waals surface area contributed by atoms with Crippen molar-refractivity contribution in [1.29, 1.82) is 0 Å². The second-order valence-electron chi connectivity index (χ2n) is 5.77. The van der Waals surface area contributed by atoms with Crippen molar-refractivity contribution < 1.29 is 0 Å². The van der Waals surface area contributed by atoms with Gasteiger partial charge >= 0.3 is 0 Å². The molecule has 0 saturated heterocycles. The predicted molar refractivity (Wildman–Crippen MR) is 77.6 cm³/mol. The maximum absolute atomic E-state index is 4.51. The molecule has 1 N–H and O–H groups in total. The molecule has 0 radical (unpaired) electrons. The highest BCUT2D eigenvalue weighted by atomic mass is 15.3. The lowest BCUT2D eigenvalue weighted by atomic mass is 9.94. The van der Waals surface area contributed by atoms with Crippen molar-refractivity contribution in [3.63, 3.8) is 0 Å². The van der Waals surface area contributed by atoms with Crippen molar-refractivity contribution in [2.75, 3.05) is 6.54 Å². The van der Waals surface area contributed by atoms with Crippen LogP contribution in [0.5, 0.6) is 0 Å². The lowest BCUT2D eigenvalue weighted by Crippen LogP contribution is -2.32. The van der Waals surface area contributed by atoms with E-state index < -0.39 is 0 Å². The SMILES string of the molecule is c1ccc2c(c1)CCNC2c1nnc2n1CCCCC2. The van der Waals surface area contributed by atoms with Gasteiger partial charge in [-0.05, 0) is 30.4 Å². The van der Waals surface area contributed by atoms with Crippen LogP contribution in [0.15, 0.2) is 24.3 Å². The standard InChI is InChI=1S/C16H20N4/c1-2-8-14-18-19-16(20(14)11-5-1)15-13-7-4-3-6-12(13)9-10-17-15/h3-4,6-7,15,17H,1-2,5,8-11H2. The number of aromatic nitrogens is 3. The number of benzene rings is 1. The van der Waals surface area contributed by atoms with E-state index in [1.165, 1.54) is 36.2 Å². The Morgan fingerprint density at radius 2 is 2.00 bits per heavy atom. The van der Waals surface area contributed by atoms with Crippen molar-refractivity contribution in [2.24, 2.45) is 0 Å². The van der Waals surface area contributed by atoms with E-state index >= 15 is 0 Å². The Morgan fingerprint density at radius 3 is 3.00 bits per heavy atom. The normalized spacial score (nSPS) is 21.9. The first kappa shape index (κ1) is 12.1. The average Bonchev–Trinajstić information content (AvgIpc) is 2.75. The lowest BCUT2D eigenvalue weighted by Gasteiger charge is -2.26. The van der Waals surface area contributed by atoms with Gasteiger partial charge in [0.05, 0.1) is 6.04 Å². The van der Waals surface area contributed by atoms with Crippen molar-refractivity contribution in [3.05, 3.63) is 47.0 Å². The van der Waals surface area contributed by atoms with Crippen molar-refractivity contribution in [3.8, 4) is 0 Å². The van der Waals surface area contributed by atoms with Gasteiger partial charge in [0.2, 0.25) is 0 Å². The summed E-state index contributed by atoms with van der Waals surface area (Å²) in [6.07, 6.45) is 5.96. The highest BCUT2D eigenvalue weighted by Crippen LogP contribution is 2.29. The molecule has 4 rings (SSSR count). The molecule has 1 unspecified atom stereocenters. The highest BCUT2D eigenvalue weighted by Gasteiger charge is 2.27. The Hall–Kier alpha value is -1.68. The van der Waals surface area contributed by atoms with Crippen molar-refractivity contribution in [1.82, 2.24) is 20.1 Å². The Labute approximate surface area is 119 Å². The summed E-state index contributed by atoms with van der Waals surface area (Å²) in [5, 5.41) is 12.6. The van der Waals surface area contributed by atoms with Crippen molar-refractivity contribution in [2.45, 2.75) is 44.7 Å². The molecule has 0 fully saturated rings. The lowest BCUT2D eigenvalue weighted by molar-refractivity contribution is 0.504. The molecular weight excluding hydrogens is 248 g/mol. The number of hydrogen-bond donors (Lipinski definition) is 1. The van der Waals surface area contributed by atoms with Gasteiger partial charge in [-0.3, -0.25) is 0 Å². The van der Waals surface area contributed by atoms with Gasteiger partial charge in [-0.25, -0.2) is 0 Å². The molecule has 0 amide bonds. The van der Waals surface area contributed by atoms with Crippen LogP contribution in [0.4, 0.5) is 0 Å². The summed E-state index contributed by atoms with van der Waals surface area (Å²) in [4.78, 5) is 0. The van der Waals surface area contributed by atoms with Gasteiger partial charge in [0.1, 0.15) is 5.82 Å². The summed E-state index contributed by atoms with van der Waals surface area (Å²) in [6.45, 7) is 2.09.